The third-order valence-electron chi connectivity index (χ3n) is 6.01. The molecule has 0 bridgehead atoms. The van der Waals surface area contributed by atoms with Crippen LogP contribution in [0.15, 0.2) is 18.2 Å². The van der Waals surface area contributed by atoms with E-state index in [1.165, 1.54) is 4.90 Å². The van der Waals surface area contributed by atoms with E-state index in [9.17, 15) is 19.5 Å². The number of aromatic hydroxyl groups is 1. The normalized spacial score (nSPS) is 13.6. The van der Waals surface area contributed by atoms with E-state index in [1.807, 2.05) is 34.6 Å². The summed E-state index contributed by atoms with van der Waals surface area (Å²) in [6.07, 6.45) is 4.10. The van der Waals surface area contributed by atoms with Crippen molar-refractivity contribution in [2.24, 2.45) is 5.92 Å². The molecule has 3 N–H and O–H groups in total. The number of aryl methyl sites for hydroxylation is 1. The molecular weight excluding hydrogens is 482 g/mol. The first-order valence-electron chi connectivity index (χ1n) is 13.9. The molecule has 1 aromatic carbocycles. The van der Waals surface area contributed by atoms with Crippen LogP contribution in [-0.2, 0) is 14.3 Å². The summed E-state index contributed by atoms with van der Waals surface area (Å²) in [5.41, 5.74) is -0.320. The smallest absolute Gasteiger partial charge is 0.408 e. The van der Waals surface area contributed by atoms with Gasteiger partial charge in [-0.2, -0.15) is 0 Å². The van der Waals surface area contributed by atoms with Gasteiger partial charge in [-0.3, -0.25) is 9.59 Å². The Morgan fingerprint density at radius 1 is 1.00 bits per heavy atom. The fourth-order valence-corrected chi connectivity index (χ4v) is 4.17. The van der Waals surface area contributed by atoms with Crippen molar-refractivity contribution in [3.63, 3.8) is 0 Å². The Bertz CT molecular complexity index is 931. The van der Waals surface area contributed by atoms with Crippen LogP contribution < -0.4 is 10.6 Å². The minimum atomic E-state index is -1.07. The summed E-state index contributed by atoms with van der Waals surface area (Å²) in [5, 5.41) is 16.7. The zero-order chi connectivity index (χ0) is 29.3. The molecule has 38 heavy (non-hydrogen) atoms. The maximum absolute atomic E-state index is 14.2. The fraction of sp³-hybridized carbons (Fsp3) is 0.700. The van der Waals surface area contributed by atoms with E-state index in [-0.39, 0.29) is 17.6 Å². The van der Waals surface area contributed by atoms with Crippen LogP contribution in [0.3, 0.4) is 0 Å². The first-order chi connectivity index (χ1) is 17.5. The first kappa shape index (κ1) is 33.3. The minimum Gasteiger partial charge on any atom is -0.507 e. The first-order valence-corrected chi connectivity index (χ1v) is 13.9. The lowest BCUT2D eigenvalue weighted by Crippen LogP contribution is -2.56. The summed E-state index contributed by atoms with van der Waals surface area (Å²) in [6.45, 7) is 18.8. The zero-order valence-electron chi connectivity index (χ0n) is 25.2. The number of nitrogens with zero attached hydrogens (tertiary/aromatic N) is 1. The van der Waals surface area contributed by atoms with Crippen molar-refractivity contribution in [1.82, 2.24) is 15.5 Å². The van der Waals surface area contributed by atoms with Crippen LogP contribution in [0.5, 0.6) is 5.75 Å². The number of carbonyl (C=O) groups excluding carboxylic acids is 3. The number of nitrogens with one attached hydrogen (secondary N) is 2. The van der Waals surface area contributed by atoms with Crippen molar-refractivity contribution in [2.45, 2.75) is 125 Å². The summed E-state index contributed by atoms with van der Waals surface area (Å²) in [7, 11) is 0. The molecule has 216 valence electrons. The number of benzene rings is 1. The predicted octanol–water partition coefficient (Wildman–Crippen LogP) is 6.00. The van der Waals surface area contributed by atoms with Gasteiger partial charge in [-0.1, -0.05) is 64.7 Å². The fourth-order valence-electron chi connectivity index (χ4n) is 4.17. The summed E-state index contributed by atoms with van der Waals surface area (Å²) in [6, 6.07) is 3.21. The second-order valence-corrected chi connectivity index (χ2v) is 12.5. The van der Waals surface area contributed by atoms with Crippen LogP contribution >= 0.6 is 0 Å². The van der Waals surface area contributed by atoms with Crippen molar-refractivity contribution < 1.29 is 24.2 Å². The van der Waals surface area contributed by atoms with Crippen LogP contribution in [0.2, 0.25) is 0 Å². The summed E-state index contributed by atoms with van der Waals surface area (Å²) in [5.74, 6) is -1.07. The Kier molecular flexibility index (Phi) is 12.6. The second-order valence-electron chi connectivity index (χ2n) is 12.5. The molecule has 8 heteroatoms. The molecule has 3 amide bonds. The molecule has 1 rings (SSSR count). The highest BCUT2D eigenvalue weighted by molar-refractivity contribution is 5.93. The van der Waals surface area contributed by atoms with Gasteiger partial charge in [0.25, 0.3) is 0 Å². The minimum absolute atomic E-state index is 0.0217. The van der Waals surface area contributed by atoms with Gasteiger partial charge < -0.3 is 25.4 Å². The Labute approximate surface area is 229 Å². The lowest BCUT2D eigenvalue weighted by atomic mass is 9.95. The number of phenols is 1. The largest absolute Gasteiger partial charge is 0.507 e. The predicted molar refractivity (Wildman–Crippen MR) is 152 cm³/mol. The van der Waals surface area contributed by atoms with E-state index in [0.29, 0.717) is 24.1 Å². The molecule has 0 saturated carbocycles. The molecule has 2 atom stereocenters. The molecule has 0 aliphatic heterocycles. The van der Waals surface area contributed by atoms with E-state index in [4.69, 9.17) is 4.74 Å². The van der Waals surface area contributed by atoms with Gasteiger partial charge in [-0.05, 0) is 66.4 Å². The van der Waals surface area contributed by atoms with Gasteiger partial charge in [0.05, 0.1) is 0 Å². The highest BCUT2D eigenvalue weighted by atomic mass is 16.6. The van der Waals surface area contributed by atoms with Crippen LogP contribution in [0.25, 0.3) is 0 Å². The summed E-state index contributed by atoms with van der Waals surface area (Å²) in [4.78, 5) is 42.1. The summed E-state index contributed by atoms with van der Waals surface area (Å²) < 4.78 is 5.43. The number of alkyl carbamates (subject to hydrolysis) is 1. The van der Waals surface area contributed by atoms with Crippen LogP contribution in [-0.4, -0.2) is 51.6 Å². The topological polar surface area (TPSA) is 108 Å². The monoisotopic (exact) mass is 533 g/mol. The molecule has 0 spiro atoms. The second kappa shape index (κ2) is 14.4. The number of phenolic OH excluding ortho intramolecular Hbond substituents is 1. The number of hydrogen-bond donors (Lipinski definition) is 3. The van der Waals surface area contributed by atoms with Gasteiger partial charge in [-0.25, -0.2) is 4.79 Å². The van der Waals surface area contributed by atoms with Gasteiger partial charge in [0.2, 0.25) is 11.8 Å². The maximum Gasteiger partial charge on any atom is 0.408 e. The van der Waals surface area contributed by atoms with Gasteiger partial charge in [0.15, 0.2) is 0 Å². The van der Waals surface area contributed by atoms with E-state index in [0.717, 1.165) is 25.7 Å². The average molecular weight is 534 g/mol. The molecule has 0 aliphatic rings. The van der Waals surface area contributed by atoms with E-state index < -0.39 is 35.2 Å². The number of carbonyl (C=O) groups is 3. The highest BCUT2D eigenvalue weighted by Gasteiger charge is 2.39. The number of para-hydroxylation sites is 1. The number of rotatable bonds is 12. The Morgan fingerprint density at radius 3 is 2.13 bits per heavy atom. The van der Waals surface area contributed by atoms with E-state index >= 15 is 0 Å². The molecule has 2 unspecified atom stereocenters. The SMILES string of the molecule is CCCCCCCN(C(=O)C(NC(=O)OC(C)(C)C)C(C)C)C(C(=O)NC(C)(C)C)c1cccc(C)c1O. The molecule has 0 aromatic heterocycles. The van der Waals surface area contributed by atoms with Gasteiger partial charge in [0, 0.05) is 17.6 Å². The number of unbranched alkanes of at least 4 members (excludes halogenated alkanes) is 4. The quantitative estimate of drug-likeness (QED) is 0.285. The van der Waals surface area contributed by atoms with Crippen molar-refractivity contribution in [3.8, 4) is 5.75 Å². The van der Waals surface area contributed by atoms with E-state index in [2.05, 4.69) is 17.6 Å². The molecule has 0 saturated heterocycles. The molecular formula is C30H51N3O5. The van der Waals surface area contributed by atoms with Gasteiger partial charge >= 0.3 is 6.09 Å². The molecule has 0 fully saturated rings. The van der Waals surface area contributed by atoms with E-state index in [1.54, 1.807) is 45.9 Å². The molecule has 0 heterocycles. The molecule has 1 aromatic rings. The van der Waals surface area contributed by atoms with Crippen molar-refractivity contribution in [1.29, 1.82) is 0 Å². The number of hydrogen-bond acceptors (Lipinski definition) is 5. The van der Waals surface area contributed by atoms with Crippen LogP contribution in [0.1, 0.15) is 112 Å². The standard InChI is InChI=1S/C30H51N3O5/c1-11-12-13-14-15-19-33(27(36)23(20(2)3)31-28(37)38-30(8,9)10)24(26(35)32-29(5,6)7)22-18-16-17-21(4)25(22)34/h16-18,20,23-24,34H,11-15,19H2,1-10H3,(H,31,37)(H,32,35). The lowest BCUT2D eigenvalue weighted by molar-refractivity contribution is -0.144. The van der Waals surface area contributed by atoms with Crippen molar-refractivity contribution >= 4 is 17.9 Å². The summed E-state index contributed by atoms with van der Waals surface area (Å²) >= 11 is 0. The number of amides is 3. The zero-order valence-corrected chi connectivity index (χ0v) is 25.2. The maximum atomic E-state index is 14.2. The third-order valence-corrected chi connectivity index (χ3v) is 6.01. The molecule has 8 nitrogen and oxygen atoms in total. The highest BCUT2D eigenvalue weighted by Crippen LogP contribution is 2.33. The molecule has 0 radical (unpaired) electrons. The van der Waals surface area contributed by atoms with Gasteiger partial charge in [0.1, 0.15) is 23.4 Å². The van der Waals surface area contributed by atoms with Crippen LogP contribution in [0.4, 0.5) is 4.79 Å². The third kappa shape index (κ3) is 10.9. The average Bonchev–Trinajstić information content (AvgIpc) is 2.76. The Hall–Kier alpha value is -2.77. The molecule has 0 aliphatic carbocycles. The Morgan fingerprint density at radius 2 is 1.61 bits per heavy atom. The van der Waals surface area contributed by atoms with Crippen molar-refractivity contribution in [3.05, 3.63) is 29.3 Å². The number of ether oxygens (including phenoxy) is 1. The lowest BCUT2D eigenvalue weighted by Gasteiger charge is -2.37. The van der Waals surface area contributed by atoms with Gasteiger partial charge in [-0.15, -0.1) is 0 Å². The van der Waals surface area contributed by atoms with Crippen molar-refractivity contribution in [2.75, 3.05) is 6.54 Å². The van der Waals surface area contributed by atoms with Crippen LogP contribution in [0, 0.1) is 12.8 Å². The Balaban J connectivity index is 3.57.